The van der Waals surface area contributed by atoms with Crippen molar-refractivity contribution in [2.45, 2.75) is 13.2 Å². The number of hydrogen-bond acceptors (Lipinski definition) is 5. The van der Waals surface area contributed by atoms with E-state index >= 15 is 0 Å². The predicted molar refractivity (Wildman–Crippen MR) is 85.4 cm³/mol. The van der Waals surface area contributed by atoms with Gasteiger partial charge < -0.3 is 14.4 Å². The molecule has 0 fully saturated rings. The Balaban J connectivity index is 1.89. The predicted octanol–water partition coefficient (Wildman–Crippen LogP) is 3.54. The van der Waals surface area contributed by atoms with Gasteiger partial charge in [-0.3, -0.25) is 9.05 Å². The van der Waals surface area contributed by atoms with Crippen LogP contribution in [0.25, 0.3) is 0 Å². The maximum Gasteiger partial charge on any atom is 0.472 e. The molecule has 0 unspecified atom stereocenters. The van der Waals surface area contributed by atoms with Gasteiger partial charge in [-0.05, 0) is 35.4 Å². The minimum Gasteiger partial charge on any atom is -0.497 e. The smallest absolute Gasteiger partial charge is 0.472 e. The summed E-state index contributed by atoms with van der Waals surface area (Å²) in [5.74, 6) is 1.30. The first-order valence-corrected chi connectivity index (χ1v) is 8.40. The maximum absolute atomic E-state index is 11.9. The normalized spacial score (nSPS) is 11.3. The van der Waals surface area contributed by atoms with E-state index in [1.54, 1.807) is 62.8 Å². The van der Waals surface area contributed by atoms with Crippen molar-refractivity contribution < 1.29 is 28.0 Å². The fourth-order valence-corrected chi connectivity index (χ4v) is 2.57. The number of benzene rings is 2. The van der Waals surface area contributed by atoms with Crippen molar-refractivity contribution in [2.24, 2.45) is 0 Å². The molecule has 2 aromatic rings. The third-order valence-corrected chi connectivity index (χ3v) is 3.97. The van der Waals surface area contributed by atoms with Crippen LogP contribution < -0.4 is 9.47 Å². The summed E-state index contributed by atoms with van der Waals surface area (Å²) in [6.07, 6.45) is 0. The van der Waals surface area contributed by atoms with E-state index in [1.807, 2.05) is 0 Å². The summed E-state index contributed by atoms with van der Waals surface area (Å²) in [6.45, 7) is -0.105. The van der Waals surface area contributed by atoms with Crippen molar-refractivity contribution in [2.75, 3.05) is 14.2 Å². The van der Waals surface area contributed by atoms with Crippen LogP contribution >= 0.6 is 7.82 Å². The Hall–Kier alpha value is -1.85. The molecule has 7 heteroatoms. The van der Waals surface area contributed by atoms with Crippen molar-refractivity contribution in [1.29, 1.82) is 0 Å². The van der Waals surface area contributed by atoms with E-state index in [-0.39, 0.29) is 13.2 Å². The summed E-state index contributed by atoms with van der Waals surface area (Å²) in [5.41, 5.74) is 1.42. The fraction of sp³-hybridized carbons (Fsp3) is 0.250. The number of hydrogen-bond donors (Lipinski definition) is 1. The van der Waals surface area contributed by atoms with E-state index in [0.29, 0.717) is 22.6 Å². The molecule has 6 nitrogen and oxygen atoms in total. The van der Waals surface area contributed by atoms with Gasteiger partial charge in [0.25, 0.3) is 0 Å². The summed E-state index contributed by atoms with van der Waals surface area (Å²) in [5, 5.41) is 0. The zero-order valence-electron chi connectivity index (χ0n) is 13.0. The first-order chi connectivity index (χ1) is 11.0. The Morgan fingerprint density at radius 2 is 1.30 bits per heavy atom. The van der Waals surface area contributed by atoms with Crippen LogP contribution in [0.1, 0.15) is 11.1 Å². The third-order valence-electron chi connectivity index (χ3n) is 3.06. The van der Waals surface area contributed by atoms with Gasteiger partial charge in [0.1, 0.15) is 11.5 Å². The first kappa shape index (κ1) is 17.5. The van der Waals surface area contributed by atoms with Crippen molar-refractivity contribution in [1.82, 2.24) is 0 Å². The van der Waals surface area contributed by atoms with E-state index < -0.39 is 7.82 Å². The summed E-state index contributed by atoms with van der Waals surface area (Å²) >= 11 is 0. The average molecular weight is 338 g/mol. The Morgan fingerprint density at radius 3 is 1.70 bits per heavy atom. The highest BCUT2D eigenvalue weighted by Crippen LogP contribution is 2.45. The van der Waals surface area contributed by atoms with E-state index in [9.17, 15) is 9.46 Å². The SMILES string of the molecule is COc1cccc(COP(=O)(O)OCc2cccc(OC)c2)c1. The summed E-state index contributed by atoms with van der Waals surface area (Å²) in [7, 11) is -1.05. The minimum absolute atomic E-state index is 0.0525. The summed E-state index contributed by atoms with van der Waals surface area (Å²) in [4.78, 5) is 9.74. The molecule has 124 valence electrons. The van der Waals surface area contributed by atoms with Crippen LogP contribution in [-0.4, -0.2) is 19.1 Å². The van der Waals surface area contributed by atoms with Gasteiger partial charge in [-0.2, -0.15) is 0 Å². The van der Waals surface area contributed by atoms with Crippen molar-refractivity contribution in [3.8, 4) is 11.5 Å². The molecule has 0 radical (unpaired) electrons. The zero-order chi connectivity index (χ0) is 16.7. The number of methoxy groups -OCH3 is 2. The molecule has 0 saturated heterocycles. The molecule has 0 atom stereocenters. The number of phosphoric acid groups is 1. The van der Waals surface area contributed by atoms with E-state index in [2.05, 4.69) is 0 Å². The lowest BCUT2D eigenvalue weighted by molar-refractivity contribution is 0.137. The molecule has 0 amide bonds. The second-order valence-electron chi connectivity index (χ2n) is 4.72. The monoisotopic (exact) mass is 338 g/mol. The van der Waals surface area contributed by atoms with Gasteiger partial charge in [-0.25, -0.2) is 4.57 Å². The lowest BCUT2D eigenvalue weighted by atomic mass is 10.2. The fourth-order valence-electron chi connectivity index (χ4n) is 1.87. The van der Waals surface area contributed by atoms with Gasteiger partial charge >= 0.3 is 7.82 Å². The highest BCUT2D eigenvalue weighted by molar-refractivity contribution is 7.47. The molecule has 0 saturated carbocycles. The Kier molecular flexibility index (Phi) is 6.19. The molecule has 2 rings (SSSR count). The van der Waals surface area contributed by atoms with Crippen LogP contribution in [0.4, 0.5) is 0 Å². The van der Waals surface area contributed by atoms with Crippen molar-refractivity contribution in [3.63, 3.8) is 0 Å². The minimum atomic E-state index is -4.15. The van der Waals surface area contributed by atoms with Gasteiger partial charge in [-0.15, -0.1) is 0 Å². The van der Waals surface area contributed by atoms with Gasteiger partial charge in [0.2, 0.25) is 0 Å². The Labute approximate surface area is 135 Å². The number of rotatable bonds is 8. The highest BCUT2D eigenvalue weighted by Gasteiger charge is 2.21. The second-order valence-corrected chi connectivity index (χ2v) is 6.17. The van der Waals surface area contributed by atoms with E-state index in [1.165, 1.54) is 0 Å². The molecule has 0 heterocycles. The molecule has 0 bridgehead atoms. The van der Waals surface area contributed by atoms with E-state index in [4.69, 9.17) is 18.5 Å². The van der Waals surface area contributed by atoms with Gasteiger partial charge in [-0.1, -0.05) is 24.3 Å². The first-order valence-electron chi connectivity index (χ1n) is 6.90. The molecular weight excluding hydrogens is 319 g/mol. The maximum atomic E-state index is 11.9. The molecule has 0 aliphatic rings. The average Bonchev–Trinajstić information content (AvgIpc) is 2.59. The number of ether oxygens (including phenoxy) is 2. The molecule has 0 aliphatic heterocycles. The second kappa shape index (κ2) is 8.13. The van der Waals surface area contributed by atoms with Crippen molar-refractivity contribution in [3.05, 3.63) is 59.7 Å². The third kappa shape index (κ3) is 5.69. The van der Waals surface area contributed by atoms with Gasteiger partial charge in [0.05, 0.1) is 27.4 Å². The Bertz CT molecular complexity index is 632. The van der Waals surface area contributed by atoms with Crippen LogP contribution in [0.15, 0.2) is 48.5 Å². The Morgan fingerprint density at radius 1 is 0.870 bits per heavy atom. The molecule has 0 aromatic heterocycles. The number of phosphoric ester groups is 1. The van der Waals surface area contributed by atoms with Crippen LogP contribution in [0.5, 0.6) is 11.5 Å². The van der Waals surface area contributed by atoms with Gasteiger partial charge in [0.15, 0.2) is 0 Å². The lowest BCUT2D eigenvalue weighted by Crippen LogP contribution is -1.97. The molecule has 2 aromatic carbocycles. The van der Waals surface area contributed by atoms with Gasteiger partial charge in [0, 0.05) is 0 Å². The molecule has 0 spiro atoms. The zero-order valence-corrected chi connectivity index (χ0v) is 13.9. The van der Waals surface area contributed by atoms with Crippen molar-refractivity contribution >= 4 is 7.82 Å². The van der Waals surface area contributed by atoms with E-state index in [0.717, 1.165) is 0 Å². The molecular formula is C16H19O6P. The topological polar surface area (TPSA) is 74.2 Å². The molecule has 0 aliphatic carbocycles. The van der Waals surface area contributed by atoms with Crippen LogP contribution in [0.2, 0.25) is 0 Å². The standard InChI is InChI=1S/C16H19O6P/c1-19-15-7-3-5-13(9-15)11-21-23(17,18)22-12-14-6-4-8-16(10-14)20-2/h3-10H,11-12H2,1-2H3,(H,17,18). The van der Waals surface area contributed by atoms with Crippen LogP contribution in [0.3, 0.4) is 0 Å². The van der Waals surface area contributed by atoms with Crippen LogP contribution in [-0.2, 0) is 26.8 Å². The summed E-state index contributed by atoms with van der Waals surface area (Å²) < 4.78 is 32.1. The quantitative estimate of drug-likeness (QED) is 0.742. The lowest BCUT2D eigenvalue weighted by Gasteiger charge is -2.13. The highest BCUT2D eigenvalue weighted by atomic mass is 31.2. The molecule has 1 N–H and O–H groups in total. The van der Waals surface area contributed by atoms with Crippen LogP contribution in [0, 0.1) is 0 Å². The largest absolute Gasteiger partial charge is 0.497 e. The summed E-state index contributed by atoms with van der Waals surface area (Å²) in [6, 6.07) is 14.1. The molecule has 23 heavy (non-hydrogen) atoms.